The summed E-state index contributed by atoms with van der Waals surface area (Å²) in [5.74, 6) is 0.538. The summed E-state index contributed by atoms with van der Waals surface area (Å²) < 4.78 is 15.5. The molecule has 3 aromatic carbocycles. The second-order valence-corrected chi connectivity index (χ2v) is 7.39. The first-order chi connectivity index (χ1) is 16.4. The number of benzene rings is 3. The SMILES string of the molecule is COc1ccc(CCC(=O)Nc2cccc(NC(=O)c3cccc(OC(C)=O)c3)c2)cc1OC. The fraction of sp³-hybridized carbons (Fsp3) is 0.192. The van der Waals surface area contributed by atoms with Gasteiger partial charge in [-0.1, -0.05) is 18.2 Å². The lowest BCUT2D eigenvalue weighted by molar-refractivity contribution is -0.131. The average Bonchev–Trinajstić information content (AvgIpc) is 2.82. The van der Waals surface area contributed by atoms with Gasteiger partial charge in [0.05, 0.1) is 14.2 Å². The topological polar surface area (TPSA) is 103 Å². The number of carbonyl (C=O) groups is 3. The minimum atomic E-state index is -0.466. The van der Waals surface area contributed by atoms with Crippen molar-refractivity contribution in [2.75, 3.05) is 24.9 Å². The molecule has 2 N–H and O–H groups in total. The molecule has 34 heavy (non-hydrogen) atoms. The lowest BCUT2D eigenvalue weighted by Crippen LogP contribution is -2.14. The molecule has 0 saturated carbocycles. The maximum Gasteiger partial charge on any atom is 0.308 e. The zero-order valence-corrected chi connectivity index (χ0v) is 19.2. The van der Waals surface area contributed by atoms with Crippen molar-refractivity contribution in [3.63, 3.8) is 0 Å². The van der Waals surface area contributed by atoms with Crippen molar-refractivity contribution >= 4 is 29.2 Å². The third-order valence-electron chi connectivity index (χ3n) is 4.85. The smallest absolute Gasteiger partial charge is 0.308 e. The second-order valence-electron chi connectivity index (χ2n) is 7.39. The number of amides is 2. The molecule has 2 amide bonds. The standard InChI is InChI=1S/C26H26N2O6/c1-17(29)34-22-9-4-6-19(15-22)26(31)28-21-8-5-7-20(16-21)27-25(30)13-11-18-10-12-23(32-2)24(14-18)33-3/h4-10,12,14-16H,11,13H2,1-3H3,(H,27,30)(H,28,31). The van der Waals surface area contributed by atoms with Gasteiger partial charge in [0.25, 0.3) is 5.91 Å². The van der Waals surface area contributed by atoms with Gasteiger partial charge in [-0.05, 0) is 60.5 Å². The Morgan fingerprint density at radius 1 is 0.794 bits per heavy atom. The van der Waals surface area contributed by atoms with Crippen LogP contribution in [0.25, 0.3) is 0 Å². The Kier molecular flexibility index (Phi) is 8.23. The number of ether oxygens (including phenoxy) is 3. The van der Waals surface area contributed by atoms with Crippen LogP contribution < -0.4 is 24.8 Å². The van der Waals surface area contributed by atoms with Crippen LogP contribution in [0.1, 0.15) is 29.3 Å². The molecule has 0 fully saturated rings. The first kappa shape index (κ1) is 24.3. The number of aryl methyl sites for hydroxylation is 1. The number of rotatable bonds is 9. The van der Waals surface area contributed by atoms with Gasteiger partial charge in [-0.2, -0.15) is 0 Å². The summed E-state index contributed by atoms with van der Waals surface area (Å²) in [6.45, 7) is 1.29. The van der Waals surface area contributed by atoms with Gasteiger partial charge in [-0.15, -0.1) is 0 Å². The summed E-state index contributed by atoms with van der Waals surface area (Å²) >= 11 is 0. The van der Waals surface area contributed by atoms with Gasteiger partial charge < -0.3 is 24.8 Å². The molecule has 8 heteroatoms. The average molecular weight is 463 g/mol. The van der Waals surface area contributed by atoms with Crippen LogP contribution in [-0.4, -0.2) is 32.0 Å². The van der Waals surface area contributed by atoms with E-state index in [1.165, 1.54) is 13.0 Å². The van der Waals surface area contributed by atoms with Crippen LogP contribution in [0.4, 0.5) is 11.4 Å². The van der Waals surface area contributed by atoms with Crippen LogP contribution in [0, 0.1) is 0 Å². The minimum Gasteiger partial charge on any atom is -0.493 e. The van der Waals surface area contributed by atoms with Crippen LogP contribution in [0.2, 0.25) is 0 Å². The molecule has 0 saturated heterocycles. The van der Waals surface area contributed by atoms with Crippen molar-refractivity contribution in [1.82, 2.24) is 0 Å². The van der Waals surface area contributed by atoms with Gasteiger partial charge in [0.1, 0.15) is 5.75 Å². The Balaban J connectivity index is 1.58. The first-order valence-electron chi connectivity index (χ1n) is 10.6. The van der Waals surface area contributed by atoms with Gasteiger partial charge in [0.15, 0.2) is 11.5 Å². The Bertz CT molecular complexity index is 1190. The molecule has 0 aromatic heterocycles. The fourth-order valence-electron chi connectivity index (χ4n) is 3.26. The Hall–Kier alpha value is -4.33. The Labute approximate surface area is 197 Å². The van der Waals surface area contributed by atoms with Crippen molar-refractivity contribution < 1.29 is 28.6 Å². The quantitative estimate of drug-likeness (QED) is 0.360. The number of hydrogen-bond acceptors (Lipinski definition) is 6. The monoisotopic (exact) mass is 462 g/mol. The third kappa shape index (κ3) is 6.83. The molecular weight excluding hydrogens is 436 g/mol. The molecule has 0 aliphatic rings. The van der Waals surface area contributed by atoms with E-state index in [2.05, 4.69) is 10.6 Å². The molecule has 0 unspecified atom stereocenters. The fourth-order valence-corrected chi connectivity index (χ4v) is 3.26. The summed E-state index contributed by atoms with van der Waals surface area (Å²) in [4.78, 5) is 36.2. The number of methoxy groups -OCH3 is 2. The number of carbonyl (C=O) groups excluding carboxylic acids is 3. The lowest BCUT2D eigenvalue weighted by atomic mass is 10.1. The summed E-state index contributed by atoms with van der Waals surface area (Å²) in [5, 5.41) is 5.62. The van der Waals surface area contributed by atoms with E-state index in [1.807, 2.05) is 12.1 Å². The van der Waals surface area contributed by atoms with Crippen LogP contribution in [0.3, 0.4) is 0 Å². The Morgan fingerprint density at radius 3 is 2.21 bits per heavy atom. The van der Waals surface area contributed by atoms with Crippen molar-refractivity contribution in [1.29, 1.82) is 0 Å². The maximum atomic E-state index is 12.6. The van der Waals surface area contributed by atoms with E-state index < -0.39 is 5.97 Å². The van der Waals surface area contributed by atoms with Crippen molar-refractivity contribution in [2.45, 2.75) is 19.8 Å². The number of anilines is 2. The predicted molar refractivity (Wildman–Crippen MR) is 129 cm³/mol. The first-order valence-corrected chi connectivity index (χ1v) is 10.6. The second kappa shape index (κ2) is 11.5. The predicted octanol–water partition coefficient (Wildman–Crippen LogP) is 4.45. The molecule has 0 aliphatic heterocycles. The molecule has 0 heterocycles. The van der Waals surface area contributed by atoms with Gasteiger partial charge in [0, 0.05) is 30.3 Å². The highest BCUT2D eigenvalue weighted by Crippen LogP contribution is 2.28. The molecule has 0 atom stereocenters. The molecule has 0 aliphatic carbocycles. The Morgan fingerprint density at radius 2 is 1.50 bits per heavy atom. The van der Waals surface area contributed by atoms with Crippen LogP contribution in [0.15, 0.2) is 66.7 Å². The minimum absolute atomic E-state index is 0.160. The molecule has 0 radical (unpaired) electrons. The number of esters is 1. The van der Waals surface area contributed by atoms with Gasteiger partial charge in [0.2, 0.25) is 5.91 Å². The van der Waals surface area contributed by atoms with E-state index in [0.29, 0.717) is 34.9 Å². The number of nitrogens with one attached hydrogen (secondary N) is 2. The van der Waals surface area contributed by atoms with Crippen molar-refractivity contribution in [3.8, 4) is 17.2 Å². The van der Waals surface area contributed by atoms with Crippen LogP contribution in [0.5, 0.6) is 17.2 Å². The largest absolute Gasteiger partial charge is 0.493 e. The van der Waals surface area contributed by atoms with E-state index >= 15 is 0 Å². The maximum absolute atomic E-state index is 12.6. The zero-order valence-electron chi connectivity index (χ0n) is 19.2. The van der Waals surface area contributed by atoms with Crippen LogP contribution in [-0.2, 0) is 16.0 Å². The van der Waals surface area contributed by atoms with Gasteiger partial charge in [-0.3, -0.25) is 14.4 Å². The van der Waals surface area contributed by atoms with Crippen LogP contribution >= 0.6 is 0 Å². The zero-order chi connectivity index (χ0) is 24.5. The van der Waals surface area contributed by atoms with Gasteiger partial charge in [-0.25, -0.2) is 0 Å². The lowest BCUT2D eigenvalue weighted by Gasteiger charge is -2.11. The van der Waals surface area contributed by atoms with E-state index in [0.717, 1.165) is 5.56 Å². The molecule has 3 rings (SSSR count). The van der Waals surface area contributed by atoms with E-state index in [4.69, 9.17) is 14.2 Å². The number of hydrogen-bond donors (Lipinski definition) is 2. The van der Waals surface area contributed by atoms with E-state index in [1.54, 1.807) is 62.8 Å². The van der Waals surface area contributed by atoms with Crippen molar-refractivity contribution in [2.24, 2.45) is 0 Å². The molecule has 0 spiro atoms. The van der Waals surface area contributed by atoms with E-state index in [-0.39, 0.29) is 24.0 Å². The van der Waals surface area contributed by atoms with E-state index in [9.17, 15) is 14.4 Å². The summed E-state index contributed by atoms with van der Waals surface area (Å²) in [7, 11) is 3.14. The summed E-state index contributed by atoms with van der Waals surface area (Å²) in [6.07, 6.45) is 0.802. The highest BCUT2D eigenvalue weighted by Gasteiger charge is 2.10. The van der Waals surface area contributed by atoms with Crippen molar-refractivity contribution in [3.05, 3.63) is 77.9 Å². The summed E-state index contributed by atoms with van der Waals surface area (Å²) in [5.41, 5.74) is 2.36. The highest BCUT2D eigenvalue weighted by atomic mass is 16.5. The third-order valence-corrected chi connectivity index (χ3v) is 4.85. The normalized spacial score (nSPS) is 10.2. The summed E-state index contributed by atoms with van der Waals surface area (Å²) in [6, 6.07) is 18.7. The molecule has 8 nitrogen and oxygen atoms in total. The molecule has 0 bridgehead atoms. The molecule has 176 valence electrons. The molecular formula is C26H26N2O6. The van der Waals surface area contributed by atoms with Gasteiger partial charge >= 0.3 is 5.97 Å². The molecule has 3 aromatic rings. The highest BCUT2D eigenvalue weighted by molar-refractivity contribution is 6.05.